The van der Waals surface area contributed by atoms with Crippen molar-refractivity contribution in [2.75, 3.05) is 26.4 Å². The largest absolute Gasteiger partial charge is 0.411 e. The molecule has 0 spiro atoms. The van der Waals surface area contributed by atoms with E-state index in [1.54, 1.807) is 0 Å². The van der Waals surface area contributed by atoms with Gasteiger partial charge in [-0.05, 0) is 18.8 Å². The standard InChI is InChI=1S/C9H16F3NO2/c10-9(11,12)6-15-3-1-7-5-14-4-2-8(7)13/h7-8H,1-6,13H2. The predicted octanol–water partition coefficient (Wildman–Crippen LogP) is 1.32. The predicted molar refractivity (Wildman–Crippen MR) is 48.4 cm³/mol. The van der Waals surface area contributed by atoms with Crippen LogP contribution in [-0.4, -0.2) is 38.6 Å². The third kappa shape index (κ3) is 5.34. The Hall–Kier alpha value is -0.330. The van der Waals surface area contributed by atoms with Crippen LogP contribution in [0.5, 0.6) is 0 Å². The molecule has 15 heavy (non-hydrogen) atoms. The van der Waals surface area contributed by atoms with Gasteiger partial charge in [0.1, 0.15) is 6.61 Å². The molecule has 0 saturated carbocycles. The number of nitrogens with two attached hydrogens (primary N) is 1. The molecule has 0 bridgehead atoms. The van der Waals surface area contributed by atoms with E-state index in [0.717, 1.165) is 6.42 Å². The third-order valence-electron chi connectivity index (χ3n) is 2.43. The van der Waals surface area contributed by atoms with Gasteiger partial charge in [0.15, 0.2) is 0 Å². The van der Waals surface area contributed by atoms with Crippen molar-refractivity contribution in [1.82, 2.24) is 0 Å². The lowest BCUT2D eigenvalue weighted by Crippen LogP contribution is -2.39. The Bertz CT molecular complexity index is 187. The molecule has 1 aliphatic heterocycles. The van der Waals surface area contributed by atoms with E-state index >= 15 is 0 Å². The van der Waals surface area contributed by atoms with Crippen molar-refractivity contribution in [3.05, 3.63) is 0 Å². The molecule has 2 atom stereocenters. The Morgan fingerprint density at radius 2 is 2.13 bits per heavy atom. The molecule has 0 aliphatic carbocycles. The van der Waals surface area contributed by atoms with Crippen molar-refractivity contribution in [1.29, 1.82) is 0 Å². The Kier molecular flexibility index (Phi) is 4.82. The van der Waals surface area contributed by atoms with Crippen molar-refractivity contribution >= 4 is 0 Å². The number of hydrogen-bond acceptors (Lipinski definition) is 3. The van der Waals surface area contributed by atoms with Crippen LogP contribution in [-0.2, 0) is 9.47 Å². The number of ether oxygens (including phenoxy) is 2. The van der Waals surface area contributed by atoms with Gasteiger partial charge >= 0.3 is 6.18 Å². The highest BCUT2D eigenvalue weighted by atomic mass is 19.4. The minimum atomic E-state index is -4.24. The van der Waals surface area contributed by atoms with E-state index in [1.807, 2.05) is 0 Å². The van der Waals surface area contributed by atoms with Crippen molar-refractivity contribution < 1.29 is 22.6 Å². The quantitative estimate of drug-likeness (QED) is 0.737. The zero-order chi connectivity index (χ0) is 11.3. The molecule has 0 aromatic heterocycles. The van der Waals surface area contributed by atoms with Crippen LogP contribution in [0.1, 0.15) is 12.8 Å². The van der Waals surface area contributed by atoms with Gasteiger partial charge in [-0.15, -0.1) is 0 Å². The van der Waals surface area contributed by atoms with Gasteiger partial charge in [-0.25, -0.2) is 0 Å². The number of alkyl halides is 3. The average molecular weight is 227 g/mol. The second kappa shape index (κ2) is 5.67. The minimum Gasteiger partial charge on any atom is -0.381 e. The Morgan fingerprint density at radius 3 is 2.73 bits per heavy atom. The highest BCUT2D eigenvalue weighted by molar-refractivity contribution is 4.76. The number of hydrogen-bond donors (Lipinski definition) is 1. The summed E-state index contributed by atoms with van der Waals surface area (Å²) in [6, 6.07) is 0.0215. The fourth-order valence-corrected chi connectivity index (χ4v) is 1.53. The molecule has 3 nitrogen and oxygen atoms in total. The molecule has 0 amide bonds. The van der Waals surface area contributed by atoms with E-state index < -0.39 is 12.8 Å². The fourth-order valence-electron chi connectivity index (χ4n) is 1.53. The molecule has 2 unspecified atom stereocenters. The molecule has 90 valence electrons. The molecule has 0 aromatic carbocycles. The van der Waals surface area contributed by atoms with Crippen molar-refractivity contribution in [2.45, 2.75) is 25.1 Å². The maximum Gasteiger partial charge on any atom is 0.411 e. The highest BCUT2D eigenvalue weighted by Crippen LogP contribution is 2.18. The van der Waals surface area contributed by atoms with E-state index in [-0.39, 0.29) is 18.6 Å². The summed E-state index contributed by atoms with van der Waals surface area (Å²) in [6.45, 7) is 0.0642. The smallest absolute Gasteiger partial charge is 0.381 e. The van der Waals surface area contributed by atoms with E-state index in [9.17, 15) is 13.2 Å². The van der Waals surface area contributed by atoms with E-state index in [4.69, 9.17) is 10.5 Å². The number of halogens is 3. The van der Waals surface area contributed by atoms with Crippen LogP contribution in [0.3, 0.4) is 0 Å². The lowest BCUT2D eigenvalue weighted by atomic mass is 9.94. The Morgan fingerprint density at radius 1 is 1.40 bits per heavy atom. The Labute approximate surface area is 86.7 Å². The van der Waals surface area contributed by atoms with Gasteiger partial charge in [-0.2, -0.15) is 13.2 Å². The summed E-state index contributed by atoms with van der Waals surface area (Å²) in [5.74, 6) is 0.118. The molecular weight excluding hydrogens is 211 g/mol. The molecule has 0 aromatic rings. The molecule has 1 fully saturated rings. The van der Waals surface area contributed by atoms with Crippen LogP contribution in [0.25, 0.3) is 0 Å². The maximum atomic E-state index is 11.7. The zero-order valence-corrected chi connectivity index (χ0v) is 8.43. The molecule has 0 radical (unpaired) electrons. The maximum absolute atomic E-state index is 11.7. The van der Waals surface area contributed by atoms with Crippen LogP contribution < -0.4 is 5.73 Å². The first-order valence-corrected chi connectivity index (χ1v) is 4.97. The van der Waals surface area contributed by atoms with Gasteiger partial charge in [-0.1, -0.05) is 0 Å². The van der Waals surface area contributed by atoms with Crippen LogP contribution in [0.4, 0.5) is 13.2 Å². The summed E-state index contributed by atoms with van der Waals surface area (Å²) in [4.78, 5) is 0. The van der Waals surface area contributed by atoms with Crippen LogP contribution >= 0.6 is 0 Å². The summed E-state index contributed by atoms with van der Waals surface area (Å²) in [6.07, 6.45) is -2.95. The lowest BCUT2D eigenvalue weighted by molar-refractivity contribution is -0.175. The van der Waals surface area contributed by atoms with E-state index in [0.29, 0.717) is 19.6 Å². The van der Waals surface area contributed by atoms with Gasteiger partial charge in [0.05, 0.1) is 6.61 Å². The normalized spacial score (nSPS) is 28.0. The van der Waals surface area contributed by atoms with Crippen molar-refractivity contribution in [2.24, 2.45) is 11.7 Å². The summed E-state index contributed by atoms with van der Waals surface area (Å²) >= 11 is 0. The second-order valence-electron chi connectivity index (χ2n) is 3.74. The molecule has 1 heterocycles. The molecule has 1 aliphatic rings. The first-order valence-electron chi connectivity index (χ1n) is 4.97. The van der Waals surface area contributed by atoms with Gasteiger partial charge in [0.25, 0.3) is 0 Å². The van der Waals surface area contributed by atoms with Crippen LogP contribution in [0, 0.1) is 5.92 Å². The molecular formula is C9H16F3NO2. The third-order valence-corrected chi connectivity index (χ3v) is 2.43. The summed E-state index contributed by atoms with van der Waals surface area (Å²) in [5.41, 5.74) is 5.79. The van der Waals surface area contributed by atoms with Crippen molar-refractivity contribution in [3.8, 4) is 0 Å². The molecule has 2 N–H and O–H groups in total. The van der Waals surface area contributed by atoms with Gasteiger partial charge in [-0.3, -0.25) is 0 Å². The average Bonchev–Trinajstić information content (AvgIpc) is 2.13. The van der Waals surface area contributed by atoms with E-state index in [2.05, 4.69) is 4.74 Å². The monoisotopic (exact) mass is 227 g/mol. The molecule has 6 heteroatoms. The second-order valence-corrected chi connectivity index (χ2v) is 3.74. The summed E-state index contributed by atoms with van der Waals surface area (Å²) in [7, 11) is 0. The van der Waals surface area contributed by atoms with Crippen molar-refractivity contribution in [3.63, 3.8) is 0 Å². The highest BCUT2D eigenvalue weighted by Gasteiger charge is 2.28. The van der Waals surface area contributed by atoms with Gasteiger partial charge < -0.3 is 15.2 Å². The number of rotatable bonds is 4. The van der Waals surface area contributed by atoms with Gasteiger partial charge in [0.2, 0.25) is 0 Å². The summed E-state index contributed by atoms with van der Waals surface area (Å²) in [5, 5.41) is 0. The lowest BCUT2D eigenvalue weighted by Gasteiger charge is -2.28. The van der Waals surface area contributed by atoms with Crippen LogP contribution in [0.2, 0.25) is 0 Å². The summed E-state index contributed by atoms with van der Waals surface area (Å²) < 4.78 is 44.9. The van der Waals surface area contributed by atoms with E-state index in [1.165, 1.54) is 0 Å². The molecule has 1 saturated heterocycles. The zero-order valence-electron chi connectivity index (χ0n) is 8.43. The fraction of sp³-hybridized carbons (Fsp3) is 1.00. The van der Waals surface area contributed by atoms with Crippen LogP contribution in [0.15, 0.2) is 0 Å². The first kappa shape index (κ1) is 12.7. The topological polar surface area (TPSA) is 44.5 Å². The molecule has 1 rings (SSSR count). The minimum absolute atomic E-state index is 0.0215. The first-order chi connectivity index (χ1) is 6.99. The SMILES string of the molecule is NC1CCOCC1CCOCC(F)(F)F. The van der Waals surface area contributed by atoms with Gasteiger partial charge in [0, 0.05) is 19.3 Å². The Balaban J connectivity index is 2.08.